The molecule has 0 saturated carbocycles. The Morgan fingerprint density at radius 2 is 1.40 bits per heavy atom. The molecule has 0 amide bonds. The summed E-state index contributed by atoms with van der Waals surface area (Å²) in [4.78, 5) is 20.5. The standard InChI is InChI=1S/C7H7NO3.C7H6O2/c8-5-3-4(7(10)11)1-2-6(5)9;8-7(9)6-4-2-1-3-5-6/h1-3,9H,8H2,(H,10,11);1-5H,(H,8,9). The van der Waals surface area contributed by atoms with Crippen molar-refractivity contribution >= 4 is 17.6 Å². The molecule has 0 saturated heterocycles. The largest absolute Gasteiger partial charge is 0.506 e. The first-order chi connectivity index (χ1) is 9.41. The first-order valence-corrected chi connectivity index (χ1v) is 5.52. The maximum Gasteiger partial charge on any atom is 0.335 e. The Morgan fingerprint density at radius 3 is 1.80 bits per heavy atom. The third-order valence-corrected chi connectivity index (χ3v) is 2.30. The van der Waals surface area contributed by atoms with Gasteiger partial charge in [0.2, 0.25) is 0 Å². The van der Waals surface area contributed by atoms with Crippen LogP contribution in [0.15, 0.2) is 48.5 Å². The fourth-order valence-corrected chi connectivity index (χ4v) is 1.27. The molecule has 6 heteroatoms. The van der Waals surface area contributed by atoms with Gasteiger partial charge in [0, 0.05) is 0 Å². The monoisotopic (exact) mass is 275 g/mol. The fraction of sp³-hybridized carbons (Fsp3) is 0. The molecule has 0 aliphatic rings. The number of nitrogen functional groups attached to an aromatic ring is 1. The summed E-state index contributed by atoms with van der Waals surface area (Å²) < 4.78 is 0. The topological polar surface area (TPSA) is 121 Å². The number of nitrogens with two attached hydrogens (primary N) is 1. The maximum atomic E-state index is 10.3. The van der Waals surface area contributed by atoms with Crippen molar-refractivity contribution in [1.29, 1.82) is 0 Å². The zero-order chi connectivity index (χ0) is 15.1. The van der Waals surface area contributed by atoms with E-state index >= 15 is 0 Å². The van der Waals surface area contributed by atoms with Crippen molar-refractivity contribution in [3.8, 4) is 5.75 Å². The minimum absolute atomic E-state index is 0.0697. The maximum absolute atomic E-state index is 10.3. The summed E-state index contributed by atoms with van der Waals surface area (Å²) in [6, 6.07) is 12.0. The summed E-state index contributed by atoms with van der Waals surface area (Å²) in [5, 5.41) is 25.8. The number of hydrogen-bond donors (Lipinski definition) is 4. The van der Waals surface area contributed by atoms with Crippen LogP contribution in [0.4, 0.5) is 5.69 Å². The van der Waals surface area contributed by atoms with Crippen molar-refractivity contribution in [2.45, 2.75) is 0 Å². The predicted molar refractivity (Wildman–Crippen MR) is 72.9 cm³/mol. The molecule has 0 unspecified atom stereocenters. The third-order valence-electron chi connectivity index (χ3n) is 2.30. The van der Waals surface area contributed by atoms with Crippen molar-refractivity contribution in [2.75, 3.05) is 5.73 Å². The van der Waals surface area contributed by atoms with E-state index in [2.05, 4.69) is 0 Å². The van der Waals surface area contributed by atoms with E-state index in [1.807, 2.05) is 0 Å². The molecule has 2 aromatic carbocycles. The minimum atomic E-state index is -1.06. The highest BCUT2D eigenvalue weighted by Gasteiger charge is 2.04. The number of benzene rings is 2. The summed E-state index contributed by atoms with van der Waals surface area (Å²) in [5.41, 5.74) is 5.72. The molecule has 0 atom stereocenters. The molecule has 0 spiro atoms. The van der Waals surface area contributed by atoms with Crippen molar-refractivity contribution in [3.05, 3.63) is 59.7 Å². The number of carboxylic acids is 2. The molecule has 20 heavy (non-hydrogen) atoms. The number of phenolic OH excluding ortho intramolecular Hbond substituents is 1. The SMILES string of the molecule is Nc1cc(C(=O)O)ccc1O.O=C(O)c1ccccc1. The molecule has 2 aromatic rings. The number of hydrogen-bond acceptors (Lipinski definition) is 4. The van der Waals surface area contributed by atoms with Gasteiger partial charge in [-0.25, -0.2) is 9.59 Å². The Bertz CT molecular complexity index is 610. The van der Waals surface area contributed by atoms with Crippen LogP contribution < -0.4 is 5.73 Å². The summed E-state index contributed by atoms with van der Waals surface area (Å²) in [7, 11) is 0. The van der Waals surface area contributed by atoms with Crippen LogP contribution in [0, 0.1) is 0 Å². The normalized spacial score (nSPS) is 9.20. The molecule has 0 aromatic heterocycles. The fourth-order valence-electron chi connectivity index (χ4n) is 1.27. The lowest BCUT2D eigenvalue weighted by Crippen LogP contribution is -1.97. The summed E-state index contributed by atoms with van der Waals surface area (Å²) in [5.74, 6) is -2.04. The van der Waals surface area contributed by atoms with Gasteiger partial charge in [0.05, 0.1) is 16.8 Å². The van der Waals surface area contributed by atoms with Crippen molar-refractivity contribution in [3.63, 3.8) is 0 Å². The zero-order valence-electron chi connectivity index (χ0n) is 10.4. The average molecular weight is 275 g/mol. The van der Waals surface area contributed by atoms with Crippen molar-refractivity contribution in [1.82, 2.24) is 0 Å². The van der Waals surface area contributed by atoms with Gasteiger partial charge < -0.3 is 21.1 Å². The van der Waals surface area contributed by atoms with Gasteiger partial charge in [-0.2, -0.15) is 0 Å². The molecular formula is C14H13NO5. The highest BCUT2D eigenvalue weighted by Crippen LogP contribution is 2.19. The molecule has 0 aliphatic heterocycles. The van der Waals surface area contributed by atoms with Crippen LogP contribution in [0.5, 0.6) is 5.75 Å². The molecule has 2 rings (SSSR count). The molecule has 0 heterocycles. The second-order valence-corrected chi connectivity index (χ2v) is 3.75. The Kier molecular flexibility index (Phi) is 5.11. The van der Waals surface area contributed by atoms with Gasteiger partial charge >= 0.3 is 11.9 Å². The van der Waals surface area contributed by atoms with Crippen molar-refractivity contribution < 1.29 is 24.9 Å². The van der Waals surface area contributed by atoms with E-state index < -0.39 is 11.9 Å². The van der Waals surface area contributed by atoms with Crippen LogP contribution in [0.2, 0.25) is 0 Å². The lowest BCUT2D eigenvalue weighted by atomic mass is 10.2. The summed E-state index contributed by atoms with van der Waals surface area (Å²) in [6.07, 6.45) is 0. The number of rotatable bonds is 2. The lowest BCUT2D eigenvalue weighted by Gasteiger charge is -1.98. The number of anilines is 1. The highest BCUT2D eigenvalue weighted by molar-refractivity contribution is 5.89. The molecule has 5 N–H and O–H groups in total. The van der Waals surface area contributed by atoms with Crippen LogP contribution in [-0.4, -0.2) is 27.3 Å². The van der Waals surface area contributed by atoms with Gasteiger partial charge in [-0.05, 0) is 30.3 Å². The Hall–Kier alpha value is -3.02. The second-order valence-electron chi connectivity index (χ2n) is 3.75. The van der Waals surface area contributed by atoms with Crippen LogP contribution in [0.1, 0.15) is 20.7 Å². The lowest BCUT2D eigenvalue weighted by molar-refractivity contribution is 0.0686. The van der Waals surface area contributed by atoms with E-state index in [9.17, 15) is 9.59 Å². The highest BCUT2D eigenvalue weighted by atomic mass is 16.4. The second kappa shape index (κ2) is 6.79. The molecule has 0 aliphatic carbocycles. The number of aromatic hydroxyl groups is 1. The van der Waals surface area contributed by atoms with Crippen LogP contribution in [0.25, 0.3) is 0 Å². The molecule has 0 radical (unpaired) electrons. The van der Waals surface area contributed by atoms with Gasteiger partial charge in [-0.3, -0.25) is 0 Å². The number of carbonyl (C=O) groups is 2. The number of carboxylic acid groups (broad SMARTS) is 2. The van der Waals surface area contributed by atoms with Crippen molar-refractivity contribution in [2.24, 2.45) is 0 Å². The molecular weight excluding hydrogens is 262 g/mol. The van der Waals surface area contributed by atoms with Crippen LogP contribution in [-0.2, 0) is 0 Å². The van der Waals surface area contributed by atoms with Crippen LogP contribution >= 0.6 is 0 Å². The first kappa shape index (κ1) is 15.0. The summed E-state index contributed by atoms with van der Waals surface area (Å²) >= 11 is 0. The Balaban J connectivity index is 0.000000204. The van der Waals surface area contributed by atoms with E-state index in [1.165, 1.54) is 18.2 Å². The molecule has 0 bridgehead atoms. The number of phenols is 1. The van der Waals surface area contributed by atoms with E-state index in [0.717, 1.165) is 0 Å². The van der Waals surface area contributed by atoms with Gasteiger partial charge in [-0.15, -0.1) is 0 Å². The number of aromatic carboxylic acids is 2. The Morgan fingerprint density at radius 1 is 0.850 bits per heavy atom. The van der Waals surface area contributed by atoms with E-state index in [1.54, 1.807) is 30.3 Å². The minimum Gasteiger partial charge on any atom is -0.506 e. The van der Waals surface area contributed by atoms with E-state index in [4.69, 9.17) is 21.1 Å². The average Bonchev–Trinajstić information content (AvgIpc) is 2.43. The smallest absolute Gasteiger partial charge is 0.335 e. The van der Waals surface area contributed by atoms with Crippen LogP contribution in [0.3, 0.4) is 0 Å². The van der Waals surface area contributed by atoms with Gasteiger partial charge in [0.25, 0.3) is 0 Å². The van der Waals surface area contributed by atoms with Gasteiger partial charge in [0.15, 0.2) is 0 Å². The molecule has 104 valence electrons. The van der Waals surface area contributed by atoms with Gasteiger partial charge in [0.1, 0.15) is 5.75 Å². The molecule has 6 nitrogen and oxygen atoms in total. The van der Waals surface area contributed by atoms with Gasteiger partial charge in [-0.1, -0.05) is 18.2 Å². The van der Waals surface area contributed by atoms with E-state index in [-0.39, 0.29) is 17.0 Å². The first-order valence-electron chi connectivity index (χ1n) is 5.52. The Labute approximate surface area is 114 Å². The zero-order valence-corrected chi connectivity index (χ0v) is 10.4. The van der Waals surface area contributed by atoms with E-state index in [0.29, 0.717) is 5.56 Å². The molecule has 0 fully saturated rings. The summed E-state index contributed by atoms with van der Waals surface area (Å²) in [6.45, 7) is 0. The third kappa shape index (κ3) is 4.34. The quantitative estimate of drug-likeness (QED) is 0.491. The predicted octanol–water partition coefficient (Wildman–Crippen LogP) is 2.06.